The van der Waals surface area contributed by atoms with Crippen LogP contribution in [0.4, 0.5) is 0 Å². The van der Waals surface area contributed by atoms with Gasteiger partial charge in [0.1, 0.15) is 0 Å². The van der Waals surface area contributed by atoms with Crippen LogP contribution in [0.5, 0.6) is 0 Å². The van der Waals surface area contributed by atoms with Crippen molar-refractivity contribution >= 4 is 0 Å². The van der Waals surface area contributed by atoms with Crippen molar-refractivity contribution in [2.75, 3.05) is 0 Å². The molecule has 0 radical (unpaired) electrons. The van der Waals surface area contributed by atoms with Crippen molar-refractivity contribution in [3.63, 3.8) is 0 Å². The topological polar surface area (TPSA) is 58.5 Å². The smallest absolute Gasteiger partial charge is 0.0641 e. The highest BCUT2D eigenvalue weighted by atomic mass is 15.3. The fraction of sp³-hybridized carbons (Fsp3) is 0.455. The summed E-state index contributed by atoms with van der Waals surface area (Å²) in [6, 6.07) is 0.295. The fourth-order valence-electron chi connectivity index (χ4n) is 1.80. The van der Waals surface area contributed by atoms with E-state index in [9.17, 15) is 0 Å². The van der Waals surface area contributed by atoms with E-state index < -0.39 is 0 Å². The summed E-state index contributed by atoms with van der Waals surface area (Å²) in [7, 11) is 1.94. The summed E-state index contributed by atoms with van der Waals surface area (Å²) in [6.45, 7) is 4.99. The maximum absolute atomic E-state index is 4.34. The van der Waals surface area contributed by atoms with Crippen molar-refractivity contribution in [3.05, 3.63) is 35.4 Å². The second-order valence-corrected chi connectivity index (χ2v) is 4.05. The molecule has 2 N–H and O–H groups in total. The lowest BCUT2D eigenvalue weighted by Crippen LogP contribution is -2.18. The Labute approximate surface area is 94.9 Å². The van der Waals surface area contributed by atoms with Crippen molar-refractivity contribution in [3.8, 4) is 0 Å². The van der Waals surface area contributed by atoms with Crippen molar-refractivity contribution < 1.29 is 0 Å². The molecule has 0 saturated carbocycles. The Morgan fingerprint density at radius 2 is 2.38 bits per heavy atom. The average molecular weight is 219 g/mol. The Balaban J connectivity index is 1.98. The number of aryl methyl sites for hydroxylation is 2. The van der Waals surface area contributed by atoms with Crippen LogP contribution in [-0.4, -0.2) is 20.0 Å². The number of rotatable bonds is 4. The summed E-state index contributed by atoms with van der Waals surface area (Å²) in [5, 5.41) is 14.5. The zero-order chi connectivity index (χ0) is 11.5. The van der Waals surface area contributed by atoms with Gasteiger partial charge in [0.05, 0.1) is 11.9 Å². The van der Waals surface area contributed by atoms with Crippen LogP contribution < -0.4 is 5.32 Å². The second-order valence-electron chi connectivity index (χ2n) is 4.05. The summed E-state index contributed by atoms with van der Waals surface area (Å²) in [6.07, 6.45) is 5.79. The van der Waals surface area contributed by atoms with Crippen molar-refractivity contribution in [1.29, 1.82) is 0 Å². The predicted molar refractivity (Wildman–Crippen MR) is 61.8 cm³/mol. The van der Waals surface area contributed by atoms with Gasteiger partial charge in [0, 0.05) is 43.2 Å². The van der Waals surface area contributed by atoms with Crippen LogP contribution in [0.1, 0.15) is 29.8 Å². The molecule has 2 heterocycles. The first-order valence-electron chi connectivity index (χ1n) is 5.38. The fourth-order valence-corrected chi connectivity index (χ4v) is 1.80. The molecule has 0 spiro atoms. The molecule has 0 aliphatic heterocycles. The maximum atomic E-state index is 4.34. The summed E-state index contributed by atoms with van der Waals surface area (Å²) in [5.41, 5.74) is 3.48. The van der Waals surface area contributed by atoms with E-state index in [0.717, 1.165) is 17.8 Å². The van der Waals surface area contributed by atoms with Crippen molar-refractivity contribution in [2.45, 2.75) is 26.4 Å². The van der Waals surface area contributed by atoms with Crippen LogP contribution in [0.2, 0.25) is 0 Å². The van der Waals surface area contributed by atoms with Crippen LogP contribution in [0.25, 0.3) is 0 Å². The maximum Gasteiger partial charge on any atom is 0.0641 e. The number of hydrogen-bond acceptors (Lipinski definition) is 3. The first-order valence-corrected chi connectivity index (χ1v) is 5.38. The van der Waals surface area contributed by atoms with Gasteiger partial charge in [-0.1, -0.05) is 0 Å². The molecule has 0 fully saturated rings. The quantitative estimate of drug-likeness (QED) is 0.815. The minimum Gasteiger partial charge on any atom is -0.306 e. The zero-order valence-electron chi connectivity index (χ0n) is 9.86. The summed E-state index contributed by atoms with van der Waals surface area (Å²) < 4.78 is 1.85. The lowest BCUT2D eigenvalue weighted by Gasteiger charge is -2.11. The lowest BCUT2D eigenvalue weighted by molar-refractivity contribution is 0.572. The van der Waals surface area contributed by atoms with Gasteiger partial charge in [-0.3, -0.25) is 9.78 Å². The normalized spacial score (nSPS) is 12.9. The first kappa shape index (κ1) is 10.9. The third-order valence-corrected chi connectivity index (χ3v) is 2.69. The highest BCUT2D eigenvalue weighted by Crippen LogP contribution is 2.15. The third kappa shape index (κ3) is 2.30. The average Bonchev–Trinajstić information content (AvgIpc) is 2.84. The van der Waals surface area contributed by atoms with E-state index in [-0.39, 0.29) is 0 Å². The molecule has 0 aliphatic rings. The Kier molecular flexibility index (Phi) is 3.05. The van der Waals surface area contributed by atoms with Crippen LogP contribution in [0, 0.1) is 6.92 Å². The molecule has 0 saturated heterocycles. The van der Waals surface area contributed by atoms with Gasteiger partial charge in [-0.15, -0.1) is 0 Å². The van der Waals surface area contributed by atoms with Crippen LogP contribution in [0.3, 0.4) is 0 Å². The molecule has 2 rings (SSSR count). The van der Waals surface area contributed by atoms with Gasteiger partial charge in [-0.05, 0) is 13.8 Å². The molecule has 0 amide bonds. The van der Waals surface area contributed by atoms with Gasteiger partial charge in [-0.2, -0.15) is 10.2 Å². The number of nitrogens with one attached hydrogen (secondary N) is 2. The summed E-state index contributed by atoms with van der Waals surface area (Å²) in [5.74, 6) is 0. The third-order valence-electron chi connectivity index (χ3n) is 2.69. The molecule has 5 heteroatoms. The van der Waals surface area contributed by atoms with E-state index in [1.807, 2.05) is 31.0 Å². The van der Waals surface area contributed by atoms with Crippen molar-refractivity contribution in [2.24, 2.45) is 7.05 Å². The Hall–Kier alpha value is -1.62. The molecule has 0 aliphatic carbocycles. The Morgan fingerprint density at radius 3 is 2.94 bits per heavy atom. The lowest BCUT2D eigenvalue weighted by atomic mass is 10.1. The van der Waals surface area contributed by atoms with E-state index in [0.29, 0.717) is 6.04 Å². The minimum atomic E-state index is 0.295. The Bertz CT molecular complexity index is 443. The Morgan fingerprint density at radius 1 is 1.56 bits per heavy atom. The molecular weight excluding hydrogens is 202 g/mol. The number of nitrogens with zero attached hydrogens (tertiary/aromatic N) is 3. The van der Waals surface area contributed by atoms with Gasteiger partial charge in [0.15, 0.2) is 0 Å². The van der Waals surface area contributed by atoms with Crippen molar-refractivity contribution in [1.82, 2.24) is 25.3 Å². The van der Waals surface area contributed by atoms with Gasteiger partial charge in [0.25, 0.3) is 0 Å². The molecule has 0 bridgehead atoms. The van der Waals surface area contributed by atoms with E-state index in [4.69, 9.17) is 0 Å². The zero-order valence-corrected chi connectivity index (χ0v) is 9.86. The summed E-state index contributed by atoms with van der Waals surface area (Å²) in [4.78, 5) is 0. The standard InChI is InChI=1S/C11H17N5/c1-8(11-7-16(3)15-9(11)2)12-4-10-5-13-14-6-10/h5-8,12H,4H2,1-3H3,(H,13,14). The number of H-pyrrole nitrogens is 1. The largest absolute Gasteiger partial charge is 0.306 e. The van der Waals surface area contributed by atoms with E-state index in [2.05, 4.69) is 33.7 Å². The van der Waals surface area contributed by atoms with Gasteiger partial charge in [0.2, 0.25) is 0 Å². The highest BCUT2D eigenvalue weighted by Gasteiger charge is 2.10. The first-order chi connectivity index (χ1) is 7.66. The predicted octanol–water partition coefficient (Wildman–Crippen LogP) is 1.30. The summed E-state index contributed by atoms with van der Waals surface area (Å²) >= 11 is 0. The molecular formula is C11H17N5. The number of aromatic nitrogens is 4. The molecule has 1 atom stereocenters. The second kappa shape index (κ2) is 4.49. The van der Waals surface area contributed by atoms with Gasteiger partial charge >= 0.3 is 0 Å². The monoisotopic (exact) mass is 219 g/mol. The molecule has 0 aromatic carbocycles. The molecule has 16 heavy (non-hydrogen) atoms. The number of aromatic amines is 1. The SMILES string of the molecule is Cc1nn(C)cc1C(C)NCc1cn[nH]c1. The van der Waals surface area contributed by atoms with E-state index in [1.165, 1.54) is 5.56 Å². The molecule has 86 valence electrons. The molecule has 2 aromatic heterocycles. The van der Waals surface area contributed by atoms with Gasteiger partial charge < -0.3 is 5.32 Å². The highest BCUT2D eigenvalue weighted by molar-refractivity contribution is 5.19. The molecule has 1 unspecified atom stereocenters. The molecule has 2 aromatic rings. The van der Waals surface area contributed by atoms with Crippen LogP contribution in [-0.2, 0) is 13.6 Å². The molecule has 5 nitrogen and oxygen atoms in total. The van der Waals surface area contributed by atoms with Gasteiger partial charge in [-0.25, -0.2) is 0 Å². The minimum absolute atomic E-state index is 0.295. The van der Waals surface area contributed by atoms with E-state index >= 15 is 0 Å². The number of hydrogen-bond donors (Lipinski definition) is 2. The van der Waals surface area contributed by atoms with Crippen LogP contribution >= 0.6 is 0 Å². The van der Waals surface area contributed by atoms with Crippen LogP contribution in [0.15, 0.2) is 18.6 Å². The van der Waals surface area contributed by atoms with E-state index in [1.54, 1.807) is 0 Å².